The third-order valence-corrected chi connectivity index (χ3v) is 6.89. The lowest BCUT2D eigenvalue weighted by Crippen LogP contribution is -2.49. The summed E-state index contributed by atoms with van der Waals surface area (Å²) >= 11 is 4.05. The zero-order chi connectivity index (χ0) is 34.6. The van der Waals surface area contributed by atoms with Crippen LogP contribution in [0.25, 0.3) is 0 Å². The summed E-state index contributed by atoms with van der Waals surface area (Å²) in [7, 11) is 0. The van der Waals surface area contributed by atoms with Gasteiger partial charge >= 0.3 is 11.9 Å². The molecular formula is C37H53N3O6S. The van der Waals surface area contributed by atoms with Gasteiger partial charge in [-0.3, -0.25) is 19.4 Å². The van der Waals surface area contributed by atoms with Crippen molar-refractivity contribution in [1.29, 1.82) is 0 Å². The second-order valence-electron chi connectivity index (χ2n) is 11.4. The Labute approximate surface area is 286 Å². The molecule has 0 spiro atoms. The molecule has 1 rings (SSSR count). The number of pyridine rings is 1. The van der Waals surface area contributed by atoms with E-state index in [9.17, 15) is 19.2 Å². The number of aromatic nitrogens is 1. The van der Waals surface area contributed by atoms with Gasteiger partial charge in [0.05, 0.1) is 5.56 Å². The summed E-state index contributed by atoms with van der Waals surface area (Å²) in [5, 5.41) is 5.33. The SMILES string of the molecule is CC/C=C\C/C=C\C/C=C\C/C=C\C/C=C\CCCC(=O)OCC(C)(C)[C@@H](OC(=O)c1cccnc1)C(=O)NCCC(=O)NCCS. The van der Waals surface area contributed by atoms with Crippen LogP contribution in [0.2, 0.25) is 0 Å². The van der Waals surface area contributed by atoms with Crippen LogP contribution in [-0.2, 0) is 23.9 Å². The summed E-state index contributed by atoms with van der Waals surface area (Å²) in [6.45, 7) is 5.81. The summed E-state index contributed by atoms with van der Waals surface area (Å²) < 4.78 is 11.1. The molecule has 0 aliphatic rings. The second kappa shape index (κ2) is 26.2. The molecule has 0 saturated carbocycles. The van der Waals surface area contributed by atoms with E-state index in [0.29, 0.717) is 18.7 Å². The minimum atomic E-state index is -1.29. The first-order valence-electron chi connectivity index (χ1n) is 16.4. The molecule has 0 aliphatic carbocycles. The molecule has 0 bridgehead atoms. The molecule has 258 valence electrons. The average molecular weight is 668 g/mol. The zero-order valence-corrected chi connectivity index (χ0v) is 29.1. The van der Waals surface area contributed by atoms with Crippen LogP contribution >= 0.6 is 12.6 Å². The fourth-order valence-electron chi connectivity index (χ4n) is 4.05. The Morgan fingerprint density at radius 3 is 2.06 bits per heavy atom. The van der Waals surface area contributed by atoms with Gasteiger partial charge in [0.1, 0.15) is 6.61 Å². The van der Waals surface area contributed by atoms with Crippen molar-refractivity contribution in [3.05, 3.63) is 90.9 Å². The van der Waals surface area contributed by atoms with Crippen molar-refractivity contribution in [1.82, 2.24) is 15.6 Å². The van der Waals surface area contributed by atoms with Crippen molar-refractivity contribution in [2.24, 2.45) is 5.41 Å². The van der Waals surface area contributed by atoms with Crippen LogP contribution in [0.4, 0.5) is 0 Å². The average Bonchev–Trinajstić information content (AvgIpc) is 3.06. The van der Waals surface area contributed by atoms with Gasteiger partial charge in [-0.25, -0.2) is 4.79 Å². The van der Waals surface area contributed by atoms with E-state index in [-0.39, 0.29) is 37.5 Å². The van der Waals surface area contributed by atoms with E-state index in [1.165, 1.54) is 18.5 Å². The number of carbonyl (C=O) groups excluding carboxylic acids is 4. The van der Waals surface area contributed by atoms with E-state index in [2.05, 4.69) is 89.9 Å². The van der Waals surface area contributed by atoms with Crippen molar-refractivity contribution in [2.75, 3.05) is 25.4 Å². The Bertz CT molecular complexity index is 1210. The zero-order valence-electron chi connectivity index (χ0n) is 28.2. The number of rotatable bonds is 24. The largest absolute Gasteiger partial charge is 0.465 e. The molecule has 2 N–H and O–H groups in total. The molecule has 9 nitrogen and oxygen atoms in total. The van der Waals surface area contributed by atoms with Gasteiger partial charge in [0.2, 0.25) is 5.91 Å². The highest BCUT2D eigenvalue weighted by atomic mass is 32.1. The molecule has 47 heavy (non-hydrogen) atoms. The topological polar surface area (TPSA) is 124 Å². The third kappa shape index (κ3) is 20.7. The fourth-order valence-corrected chi connectivity index (χ4v) is 4.16. The van der Waals surface area contributed by atoms with E-state index >= 15 is 0 Å². The smallest absolute Gasteiger partial charge is 0.340 e. The predicted octanol–water partition coefficient (Wildman–Crippen LogP) is 6.65. The summed E-state index contributed by atoms with van der Waals surface area (Å²) in [6.07, 6.45) is 29.4. The second-order valence-corrected chi connectivity index (χ2v) is 11.8. The number of nitrogens with zero attached hydrogens (tertiary/aromatic N) is 1. The van der Waals surface area contributed by atoms with Gasteiger partial charge in [0.15, 0.2) is 6.10 Å². The maximum Gasteiger partial charge on any atom is 0.340 e. The van der Waals surface area contributed by atoms with Crippen LogP contribution in [0.1, 0.15) is 88.9 Å². The van der Waals surface area contributed by atoms with E-state index in [1.807, 2.05) is 6.08 Å². The third-order valence-electron chi connectivity index (χ3n) is 6.67. The molecule has 0 fully saturated rings. The number of hydrogen-bond donors (Lipinski definition) is 3. The van der Waals surface area contributed by atoms with Crippen molar-refractivity contribution >= 4 is 36.4 Å². The molecule has 0 saturated heterocycles. The van der Waals surface area contributed by atoms with Gasteiger partial charge in [-0.1, -0.05) is 81.5 Å². The maximum absolute atomic E-state index is 13.1. The maximum atomic E-state index is 13.1. The molecular weight excluding hydrogens is 614 g/mol. The van der Waals surface area contributed by atoms with Crippen molar-refractivity contribution in [2.45, 2.75) is 84.7 Å². The number of carbonyl (C=O) groups is 4. The van der Waals surface area contributed by atoms with Crippen LogP contribution in [0, 0.1) is 5.41 Å². The first kappa shape index (κ1) is 41.1. The van der Waals surface area contributed by atoms with E-state index in [1.54, 1.807) is 19.9 Å². The summed E-state index contributed by atoms with van der Waals surface area (Å²) in [4.78, 5) is 54.2. The van der Waals surface area contributed by atoms with Crippen molar-refractivity contribution in [3.8, 4) is 0 Å². The fraction of sp³-hybridized carbons (Fsp3) is 0.486. The number of hydrogen-bond acceptors (Lipinski definition) is 8. The predicted molar refractivity (Wildman–Crippen MR) is 191 cm³/mol. The molecule has 0 unspecified atom stereocenters. The Balaban J connectivity index is 2.48. The van der Waals surface area contributed by atoms with Crippen molar-refractivity contribution in [3.63, 3.8) is 0 Å². The molecule has 0 radical (unpaired) electrons. The van der Waals surface area contributed by atoms with Crippen molar-refractivity contribution < 1.29 is 28.7 Å². The number of allylic oxidation sites excluding steroid dienone is 10. The first-order chi connectivity index (χ1) is 22.7. The molecule has 1 heterocycles. The lowest BCUT2D eigenvalue weighted by molar-refractivity contribution is -0.153. The molecule has 0 aromatic carbocycles. The van der Waals surface area contributed by atoms with E-state index in [4.69, 9.17) is 9.47 Å². The summed E-state index contributed by atoms with van der Waals surface area (Å²) in [5.41, 5.74) is -0.880. The minimum Gasteiger partial charge on any atom is -0.465 e. The highest BCUT2D eigenvalue weighted by Crippen LogP contribution is 2.26. The molecule has 10 heteroatoms. The lowest BCUT2D eigenvalue weighted by atomic mass is 9.86. The van der Waals surface area contributed by atoms with Crippen LogP contribution in [0.15, 0.2) is 85.3 Å². The Kier molecular flexibility index (Phi) is 22.9. The molecule has 0 aliphatic heterocycles. The Morgan fingerprint density at radius 1 is 0.872 bits per heavy atom. The highest BCUT2D eigenvalue weighted by molar-refractivity contribution is 7.80. The molecule has 1 atom stereocenters. The van der Waals surface area contributed by atoms with Gasteiger partial charge in [-0.15, -0.1) is 0 Å². The molecule has 1 aromatic rings. The Hall–Kier alpha value is -3.92. The quantitative estimate of drug-likeness (QED) is 0.0488. The lowest BCUT2D eigenvalue weighted by Gasteiger charge is -2.32. The van der Waals surface area contributed by atoms with Gasteiger partial charge in [0.25, 0.3) is 5.91 Å². The number of amides is 2. The Morgan fingerprint density at radius 2 is 1.49 bits per heavy atom. The van der Waals surface area contributed by atoms with Crippen LogP contribution in [-0.4, -0.2) is 60.3 Å². The van der Waals surface area contributed by atoms with Gasteiger partial charge in [-0.2, -0.15) is 12.6 Å². The highest BCUT2D eigenvalue weighted by Gasteiger charge is 2.40. The van der Waals surface area contributed by atoms with Gasteiger partial charge in [-0.05, 0) is 57.1 Å². The monoisotopic (exact) mass is 667 g/mol. The van der Waals surface area contributed by atoms with Crippen LogP contribution in [0.3, 0.4) is 0 Å². The number of unbranched alkanes of at least 4 members (excludes halogenated alkanes) is 1. The first-order valence-corrected chi connectivity index (χ1v) is 17.0. The normalized spacial score (nSPS) is 12.8. The molecule has 2 amide bonds. The number of ether oxygens (including phenoxy) is 2. The van der Waals surface area contributed by atoms with Gasteiger partial charge < -0.3 is 20.1 Å². The van der Waals surface area contributed by atoms with Crippen LogP contribution in [0.5, 0.6) is 0 Å². The minimum absolute atomic E-state index is 0.0455. The number of esters is 2. The number of thiol groups is 1. The van der Waals surface area contributed by atoms with E-state index in [0.717, 1.165) is 38.5 Å². The summed E-state index contributed by atoms with van der Waals surface area (Å²) in [5.74, 6) is -1.46. The van der Waals surface area contributed by atoms with Crippen LogP contribution < -0.4 is 10.6 Å². The van der Waals surface area contributed by atoms with Gasteiger partial charge in [0, 0.05) is 49.5 Å². The molecule has 1 aromatic heterocycles. The van der Waals surface area contributed by atoms with E-state index < -0.39 is 29.4 Å². The standard InChI is InChI=1S/C37H53N3O6S/c1-4-5-6-7-8-9-10-11-12-13-14-15-16-17-18-19-20-23-33(42)45-30-37(2,3)34(46-36(44)31-22-21-25-38-29-31)35(43)40-26-24-32(41)39-27-28-47/h5-6,8-9,11-12,14-15,17-18,21-22,25,29,34,47H,4,7,10,13,16,19-20,23-24,26-28,30H2,1-3H3,(H,39,41)(H,40,43)/b6-5-,9-8-,12-11-,15-14-,18-17-/t34-/m0/s1. The number of nitrogens with one attached hydrogen (secondary N) is 2. The summed E-state index contributed by atoms with van der Waals surface area (Å²) in [6, 6.07) is 3.11.